The van der Waals surface area contributed by atoms with Gasteiger partial charge >= 0.3 is 6.03 Å². The lowest BCUT2D eigenvalue weighted by molar-refractivity contribution is 0.160. The molecule has 1 rings (SSSR count). The Morgan fingerprint density at radius 2 is 1.94 bits per heavy atom. The number of carbonyl (C=O) groups excluding carboxylic acids is 1. The van der Waals surface area contributed by atoms with Gasteiger partial charge in [-0.2, -0.15) is 0 Å². The van der Waals surface area contributed by atoms with Crippen LogP contribution in [0.25, 0.3) is 0 Å². The van der Waals surface area contributed by atoms with Crippen LogP contribution in [0.3, 0.4) is 0 Å². The number of rotatable bonds is 6. The molecule has 0 aliphatic carbocycles. The maximum Gasteiger partial charge on any atom is 0.315 e. The van der Waals surface area contributed by atoms with Gasteiger partial charge in [-0.05, 0) is 25.3 Å². The normalized spacial score (nSPS) is 11.9. The number of aryl methyl sites for hydroxylation is 1. The van der Waals surface area contributed by atoms with Crippen LogP contribution in [0.2, 0.25) is 0 Å². The van der Waals surface area contributed by atoms with E-state index in [4.69, 9.17) is 0 Å². The number of aliphatic hydroxyl groups is 1. The van der Waals surface area contributed by atoms with E-state index in [1.807, 2.05) is 38.1 Å². The standard InChI is InChI=1S/C14H22N2O2/c1-3-13(17)8-9-15-14(18)16-10-12-6-4-11(2)5-7-12/h4-7,13,17H,3,8-10H2,1-2H3,(H2,15,16,18). The molecule has 1 aromatic carbocycles. The van der Waals surface area contributed by atoms with Gasteiger partial charge in [0.2, 0.25) is 0 Å². The minimum atomic E-state index is -0.331. The summed E-state index contributed by atoms with van der Waals surface area (Å²) in [6.07, 6.45) is 0.976. The van der Waals surface area contributed by atoms with Crippen LogP contribution >= 0.6 is 0 Å². The molecule has 4 nitrogen and oxygen atoms in total. The SMILES string of the molecule is CCC(O)CCNC(=O)NCc1ccc(C)cc1. The molecule has 0 aliphatic heterocycles. The first kappa shape index (κ1) is 14.5. The van der Waals surface area contributed by atoms with Gasteiger partial charge in [0.1, 0.15) is 0 Å². The fourth-order valence-corrected chi connectivity index (χ4v) is 1.51. The smallest absolute Gasteiger partial charge is 0.315 e. The summed E-state index contributed by atoms with van der Waals surface area (Å²) in [4.78, 5) is 11.4. The van der Waals surface area contributed by atoms with Crippen LogP contribution in [-0.4, -0.2) is 23.8 Å². The summed E-state index contributed by atoms with van der Waals surface area (Å²) in [7, 11) is 0. The first-order valence-corrected chi connectivity index (χ1v) is 6.37. The van der Waals surface area contributed by atoms with Crippen LogP contribution in [0, 0.1) is 6.92 Å². The van der Waals surface area contributed by atoms with Crippen LogP contribution in [-0.2, 0) is 6.54 Å². The third kappa shape index (κ3) is 5.68. The quantitative estimate of drug-likeness (QED) is 0.722. The van der Waals surface area contributed by atoms with Gasteiger partial charge in [-0.25, -0.2) is 4.79 Å². The van der Waals surface area contributed by atoms with E-state index >= 15 is 0 Å². The molecule has 0 spiro atoms. The Morgan fingerprint density at radius 1 is 1.28 bits per heavy atom. The Morgan fingerprint density at radius 3 is 2.56 bits per heavy atom. The van der Waals surface area contributed by atoms with Gasteiger partial charge in [0.25, 0.3) is 0 Å². The third-order valence-electron chi connectivity index (χ3n) is 2.81. The van der Waals surface area contributed by atoms with E-state index in [0.717, 1.165) is 5.56 Å². The van der Waals surface area contributed by atoms with Crippen molar-refractivity contribution in [1.29, 1.82) is 0 Å². The molecule has 0 fully saturated rings. The molecule has 4 heteroatoms. The molecule has 18 heavy (non-hydrogen) atoms. The molecule has 0 heterocycles. The van der Waals surface area contributed by atoms with Crippen molar-refractivity contribution in [2.45, 2.75) is 39.3 Å². The molecule has 0 bridgehead atoms. The Hall–Kier alpha value is -1.55. The van der Waals surface area contributed by atoms with Crippen molar-refractivity contribution in [3.05, 3.63) is 35.4 Å². The van der Waals surface area contributed by atoms with E-state index in [2.05, 4.69) is 10.6 Å². The van der Waals surface area contributed by atoms with Crippen molar-refractivity contribution >= 4 is 6.03 Å². The zero-order valence-electron chi connectivity index (χ0n) is 11.1. The fourth-order valence-electron chi connectivity index (χ4n) is 1.51. The fraction of sp³-hybridized carbons (Fsp3) is 0.500. The summed E-state index contributed by atoms with van der Waals surface area (Å²) in [6, 6.07) is 7.84. The van der Waals surface area contributed by atoms with Gasteiger partial charge in [-0.1, -0.05) is 36.8 Å². The lowest BCUT2D eigenvalue weighted by Gasteiger charge is -2.10. The molecule has 0 saturated heterocycles. The Bertz CT molecular complexity index is 363. The summed E-state index contributed by atoms with van der Waals surface area (Å²) in [5.74, 6) is 0. The highest BCUT2D eigenvalue weighted by atomic mass is 16.3. The van der Waals surface area contributed by atoms with Gasteiger partial charge in [-0.15, -0.1) is 0 Å². The summed E-state index contributed by atoms with van der Waals surface area (Å²) in [5.41, 5.74) is 2.28. The van der Waals surface area contributed by atoms with E-state index < -0.39 is 0 Å². The van der Waals surface area contributed by atoms with Gasteiger partial charge in [0.05, 0.1) is 6.10 Å². The highest BCUT2D eigenvalue weighted by Crippen LogP contribution is 2.02. The van der Waals surface area contributed by atoms with Crippen LogP contribution < -0.4 is 10.6 Å². The maximum absolute atomic E-state index is 11.4. The molecule has 0 saturated carbocycles. The second-order valence-corrected chi connectivity index (χ2v) is 4.45. The molecule has 3 N–H and O–H groups in total. The van der Waals surface area contributed by atoms with E-state index in [1.165, 1.54) is 5.56 Å². The average molecular weight is 250 g/mol. The van der Waals surface area contributed by atoms with Crippen molar-refractivity contribution in [1.82, 2.24) is 10.6 Å². The van der Waals surface area contributed by atoms with Gasteiger partial charge in [-0.3, -0.25) is 0 Å². The third-order valence-corrected chi connectivity index (χ3v) is 2.81. The van der Waals surface area contributed by atoms with Gasteiger partial charge < -0.3 is 15.7 Å². The summed E-state index contributed by atoms with van der Waals surface area (Å²) in [5, 5.41) is 14.8. The van der Waals surface area contributed by atoms with Crippen molar-refractivity contribution in [3.63, 3.8) is 0 Å². The summed E-state index contributed by atoms with van der Waals surface area (Å²) >= 11 is 0. The molecule has 1 aromatic rings. The van der Waals surface area contributed by atoms with Gasteiger partial charge in [0, 0.05) is 13.1 Å². The van der Waals surface area contributed by atoms with Crippen LogP contribution in [0.4, 0.5) is 4.79 Å². The van der Waals surface area contributed by atoms with Crippen molar-refractivity contribution in [3.8, 4) is 0 Å². The zero-order chi connectivity index (χ0) is 13.4. The number of benzene rings is 1. The molecular formula is C14H22N2O2. The van der Waals surface area contributed by atoms with E-state index in [1.54, 1.807) is 0 Å². The minimum Gasteiger partial charge on any atom is -0.393 e. The van der Waals surface area contributed by atoms with E-state index in [-0.39, 0.29) is 12.1 Å². The predicted octanol–water partition coefficient (Wildman–Crippen LogP) is 1.96. The summed E-state index contributed by atoms with van der Waals surface area (Å²) in [6.45, 7) is 4.96. The second-order valence-electron chi connectivity index (χ2n) is 4.45. The highest BCUT2D eigenvalue weighted by molar-refractivity contribution is 5.73. The van der Waals surface area contributed by atoms with Crippen molar-refractivity contribution in [2.24, 2.45) is 0 Å². The molecule has 1 atom stereocenters. The van der Waals surface area contributed by atoms with Crippen molar-refractivity contribution < 1.29 is 9.90 Å². The second kappa shape index (κ2) is 7.71. The molecule has 0 aromatic heterocycles. The largest absolute Gasteiger partial charge is 0.393 e. The molecule has 1 unspecified atom stereocenters. The highest BCUT2D eigenvalue weighted by Gasteiger charge is 2.03. The number of carbonyl (C=O) groups is 1. The van der Waals surface area contributed by atoms with Crippen LogP contribution in [0.1, 0.15) is 30.9 Å². The van der Waals surface area contributed by atoms with Crippen LogP contribution in [0.15, 0.2) is 24.3 Å². The number of aliphatic hydroxyl groups excluding tert-OH is 1. The Labute approximate surface area is 108 Å². The van der Waals surface area contributed by atoms with Crippen molar-refractivity contribution in [2.75, 3.05) is 6.54 Å². The van der Waals surface area contributed by atoms with Crippen LogP contribution in [0.5, 0.6) is 0 Å². The zero-order valence-corrected chi connectivity index (χ0v) is 11.1. The van der Waals surface area contributed by atoms with E-state index in [0.29, 0.717) is 25.9 Å². The first-order chi connectivity index (χ1) is 8.61. The topological polar surface area (TPSA) is 61.4 Å². The average Bonchev–Trinajstić information content (AvgIpc) is 2.38. The number of nitrogens with one attached hydrogen (secondary N) is 2. The molecular weight excluding hydrogens is 228 g/mol. The summed E-state index contributed by atoms with van der Waals surface area (Å²) < 4.78 is 0. The molecule has 0 radical (unpaired) electrons. The van der Waals surface area contributed by atoms with E-state index in [9.17, 15) is 9.90 Å². The number of hydrogen-bond acceptors (Lipinski definition) is 2. The maximum atomic E-state index is 11.4. The number of amides is 2. The number of hydrogen-bond donors (Lipinski definition) is 3. The minimum absolute atomic E-state index is 0.195. The molecule has 0 aliphatic rings. The first-order valence-electron chi connectivity index (χ1n) is 6.37. The predicted molar refractivity (Wildman–Crippen MR) is 72.3 cm³/mol. The number of urea groups is 1. The lowest BCUT2D eigenvalue weighted by atomic mass is 10.1. The lowest BCUT2D eigenvalue weighted by Crippen LogP contribution is -2.36. The molecule has 2 amide bonds. The molecule has 100 valence electrons. The Kier molecular flexibility index (Phi) is 6.22. The monoisotopic (exact) mass is 250 g/mol. The Balaban J connectivity index is 2.19. The van der Waals surface area contributed by atoms with Gasteiger partial charge in [0.15, 0.2) is 0 Å².